The van der Waals surface area contributed by atoms with Gasteiger partial charge < -0.3 is 16.6 Å². The van der Waals surface area contributed by atoms with Gasteiger partial charge in [0.1, 0.15) is 0 Å². The van der Waals surface area contributed by atoms with E-state index < -0.39 is 12.0 Å². The Kier molecular flexibility index (Phi) is 4.30. The number of aliphatic imine (C=N–C) groups is 1. The molecule has 1 rings (SSSR count). The summed E-state index contributed by atoms with van der Waals surface area (Å²) in [6.45, 7) is 0. The second-order valence-electron chi connectivity index (χ2n) is 3.22. The van der Waals surface area contributed by atoms with E-state index in [0.717, 1.165) is 10.0 Å². The molecule has 0 saturated heterocycles. The van der Waals surface area contributed by atoms with Gasteiger partial charge in [-0.15, -0.1) is 0 Å². The molecule has 0 heterocycles. The quantitative estimate of drug-likeness (QED) is 0.572. The summed E-state index contributed by atoms with van der Waals surface area (Å²) in [6, 6.07) is 6.64. The van der Waals surface area contributed by atoms with Crippen LogP contribution < -0.4 is 11.5 Å². The highest BCUT2D eigenvalue weighted by Crippen LogP contribution is 2.22. The molecule has 0 saturated carbocycles. The number of nitrogens with two attached hydrogens (primary N) is 2. The van der Waals surface area contributed by atoms with Crippen LogP contribution in [0.1, 0.15) is 18.0 Å². The molecule has 0 aliphatic carbocycles. The van der Waals surface area contributed by atoms with Crippen molar-refractivity contribution in [1.82, 2.24) is 0 Å². The largest absolute Gasteiger partial charge is 0.481 e. The van der Waals surface area contributed by atoms with Gasteiger partial charge in [-0.3, -0.25) is 4.79 Å². The van der Waals surface area contributed by atoms with E-state index in [2.05, 4.69) is 20.9 Å². The van der Waals surface area contributed by atoms with Crippen LogP contribution in [0, 0.1) is 0 Å². The summed E-state index contributed by atoms with van der Waals surface area (Å²) in [7, 11) is 0. The van der Waals surface area contributed by atoms with Gasteiger partial charge >= 0.3 is 5.97 Å². The van der Waals surface area contributed by atoms with Gasteiger partial charge in [-0.2, -0.15) is 0 Å². The van der Waals surface area contributed by atoms with Gasteiger partial charge in [0.05, 0.1) is 12.5 Å². The highest BCUT2D eigenvalue weighted by Gasteiger charge is 2.14. The Morgan fingerprint density at radius 2 is 1.94 bits per heavy atom. The molecule has 1 unspecified atom stereocenters. The molecule has 0 aromatic heterocycles. The standard InChI is InChI=1S/C10H12BrN3O2/c11-7-3-1-6(2-4-7)8(5-9(15)16)14-10(12)13/h1-4,8H,5H2,(H,15,16)(H4,12,13,14). The summed E-state index contributed by atoms with van der Waals surface area (Å²) in [5, 5.41) is 8.75. The molecule has 5 N–H and O–H groups in total. The average molecular weight is 286 g/mol. The van der Waals surface area contributed by atoms with Crippen molar-refractivity contribution < 1.29 is 9.90 Å². The Labute approximate surface area is 101 Å². The molecule has 6 heteroatoms. The van der Waals surface area contributed by atoms with Crippen LogP contribution >= 0.6 is 15.9 Å². The van der Waals surface area contributed by atoms with Crippen molar-refractivity contribution in [2.45, 2.75) is 12.5 Å². The molecule has 5 nitrogen and oxygen atoms in total. The van der Waals surface area contributed by atoms with Crippen molar-refractivity contribution in [2.75, 3.05) is 0 Å². The van der Waals surface area contributed by atoms with Crippen molar-refractivity contribution in [1.29, 1.82) is 0 Å². The van der Waals surface area contributed by atoms with Crippen molar-refractivity contribution in [3.05, 3.63) is 34.3 Å². The van der Waals surface area contributed by atoms with E-state index in [9.17, 15) is 4.79 Å². The zero-order valence-electron chi connectivity index (χ0n) is 8.43. The van der Waals surface area contributed by atoms with E-state index in [1.165, 1.54) is 0 Å². The van der Waals surface area contributed by atoms with Crippen LogP contribution in [-0.2, 0) is 4.79 Å². The number of guanidine groups is 1. The lowest BCUT2D eigenvalue weighted by Gasteiger charge is -2.10. The fraction of sp³-hybridized carbons (Fsp3) is 0.200. The highest BCUT2D eigenvalue weighted by atomic mass is 79.9. The monoisotopic (exact) mass is 285 g/mol. The third-order valence-corrected chi connectivity index (χ3v) is 2.46. The first kappa shape index (κ1) is 12.5. The number of carboxylic acid groups (broad SMARTS) is 1. The minimum absolute atomic E-state index is 0.117. The zero-order valence-corrected chi connectivity index (χ0v) is 10.0. The first-order valence-electron chi connectivity index (χ1n) is 4.55. The van der Waals surface area contributed by atoms with Gasteiger partial charge in [0.15, 0.2) is 5.96 Å². The van der Waals surface area contributed by atoms with Crippen LogP contribution in [0.4, 0.5) is 0 Å². The molecule has 86 valence electrons. The maximum atomic E-state index is 10.7. The molecule has 0 spiro atoms. The van der Waals surface area contributed by atoms with Gasteiger partial charge in [-0.05, 0) is 17.7 Å². The second kappa shape index (κ2) is 5.50. The summed E-state index contributed by atoms with van der Waals surface area (Å²) in [4.78, 5) is 14.6. The molecule has 0 amide bonds. The Morgan fingerprint density at radius 1 is 1.38 bits per heavy atom. The Bertz CT molecular complexity index is 399. The molecule has 1 atom stereocenters. The Hall–Kier alpha value is -1.56. The number of hydrogen-bond acceptors (Lipinski definition) is 2. The van der Waals surface area contributed by atoms with E-state index >= 15 is 0 Å². The number of benzene rings is 1. The smallest absolute Gasteiger partial charge is 0.305 e. The second-order valence-corrected chi connectivity index (χ2v) is 4.13. The number of halogens is 1. The first-order chi connectivity index (χ1) is 7.49. The lowest BCUT2D eigenvalue weighted by molar-refractivity contribution is -0.137. The van der Waals surface area contributed by atoms with E-state index in [4.69, 9.17) is 16.6 Å². The minimum atomic E-state index is -0.946. The molecule has 0 aliphatic rings. The van der Waals surface area contributed by atoms with Crippen molar-refractivity contribution in [3.63, 3.8) is 0 Å². The van der Waals surface area contributed by atoms with Crippen LogP contribution in [0.25, 0.3) is 0 Å². The maximum Gasteiger partial charge on any atom is 0.305 e. The van der Waals surface area contributed by atoms with Crippen LogP contribution in [0.5, 0.6) is 0 Å². The minimum Gasteiger partial charge on any atom is -0.481 e. The van der Waals surface area contributed by atoms with Gasteiger partial charge in [0.25, 0.3) is 0 Å². The molecule has 1 aromatic rings. The molecular formula is C10H12BrN3O2. The van der Waals surface area contributed by atoms with Gasteiger partial charge in [-0.25, -0.2) is 4.99 Å². The normalized spacial score (nSPS) is 11.8. The van der Waals surface area contributed by atoms with Crippen molar-refractivity contribution in [3.8, 4) is 0 Å². The average Bonchev–Trinajstić information content (AvgIpc) is 2.16. The summed E-state index contributed by atoms with van der Waals surface area (Å²) < 4.78 is 0.912. The van der Waals surface area contributed by atoms with Gasteiger partial charge in [0, 0.05) is 4.47 Å². The molecule has 0 fully saturated rings. The fourth-order valence-electron chi connectivity index (χ4n) is 1.27. The lowest BCUT2D eigenvalue weighted by Crippen LogP contribution is -2.24. The third kappa shape index (κ3) is 3.90. The third-order valence-electron chi connectivity index (χ3n) is 1.93. The summed E-state index contributed by atoms with van der Waals surface area (Å²) in [6.07, 6.45) is -0.139. The fourth-order valence-corrected chi connectivity index (χ4v) is 1.53. The lowest BCUT2D eigenvalue weighted by atomic mass is 10.0. The molecule has 0 bridgehead atoms. The predicted octanol–water partition coefficient (Wildman–Crippen LogP) is 1.24. The van der Waals surface area contributed by atoms with E-state index in [0.29, 0.717) is 0 Å². The molecule has 0 aliphatic heterocycles. The molecule has 0 radical (unpaired) electrons. The number of carbonyl (C=O) groups is 1. The highest BCUT2D eigenvalue weighted by molar-refractivity contribution is 9.10. The number of aliphatic carboxylic acids is 1. The summed E-state index contributed by atoms with van der Waals surface area (Å²) >= 11 is 3.29. The molecule has 16 heavy (non-hydrogen) atoms. The number of hydrogen-bond donors (Lipinski definition) is 3. The van der Waals surface area contributed by atoms with E-state index in [-0.39, 0.29) is 12.4 Å². The molecule has 1 aromatic carbocycles. The SMILES string of the molecule is NC(N)=NC(CC(=O)O)c1ccc(Br)cc1. The van der Waals surface area contributed by atoms with Crippen LogP contribution in [0.15, 0.2) is 33.7 Å². The van der Waals surface area contributed by atoms with Crippen LogP contribution in [-0.4, -0.2) is 17.0 Å². The zero-order chi connectivity index (χ0) is 12.1. The van der Waals surface area contributed by atoms with E-state index in [1.54, 1.807) is 12.1 Å². The summed E-state index contributed by atoms with van der Waals surface area (Å²) in [5.74, 6) is -1.06. The van der Waals surface area contributed by atoms with Crippen LogP contribution in [0.3, 0.4) is 0 Å². The number of nitrogens with zero attached hydrogens (tertiary/aromatic N) is 1. The van der Waals surface area contributed by atoms with Crippen LogP contribution in [0.2, 0.25) is 0 Å². The number of carboxylic acids is 1. The Balaban J connectivity index is 2.96. The first-order valence-corrected chi connectivity index (χ1v) is 5.34. The number of rotatable bonds is 4. The van der Waals surface area contributed by atoms with Gasteiger partial charge in [0.2, 0.25) is 0 Å². The topological polar surface area (TPSA) is 102 Å². The summed E-state index contributed by atoms with van der Waals surface area (Å²) in [5.41, 5.74) is 11.3. The van der Waals surface area contributed by atoms with Crippen molar-refractivity contribution in [2.24, 2.45) is 16.5 Å². The van der Waals surface area contributed by atoms with E-state index in [1.807, 2.05) is 12.1 Å². The Morgan fingerprint density at radius 3 is 2.38 bits per heavy atom. The van der Waals surface area contributed by atoms with Gasteiger partial charge in [-0.1, -0.05) is 28.1 Å². The molecular weight excluding hydrogens is 274 g/mol. The predicted molar refractivity (Wildman–Crippen MR) is 64.9 cm³/mol. The van der Waals surface area contributed by atoms with Crippen molar-refractivity contribution >= 4 is 27.9 Å². The maximum absolute atomic E-state index is 10.7.